The molecule has 0 radical (unpaired) electrons. The molecule has 0 aliphatic heterocycles. The van der Waals surface area contributed by atoms with Gasteiger partial charge in [-0.1, -0.05) is 24.3 Å². The van der Waals surface area contributed by atoms with E-state index in [4.69, 9.17) is 5.11 Å². The second kappa shape index (κ2) is 6.90. The van der Waals surface area contributed by atoms with Crippen LogP contribution in [0.5, 0.6) is 0 Å². The molecule has 0 saturated carbocycles. The van der Waals surface area contributed by atoms with Crippen LogP contribution in [0.25, 0.3) is 0 Å². The number of carbonyl (C=O) groups excluding carboxylic acids is 1. The van der Waals surface area contributed by atoms with Gasteiger partial charge in [-0.3, -0.25) is 4.79 Å². The van der Waals surface area contributed by atoms with Crippen LogP contribution in [0.1, 0.15) is 21.5 Å². The first-order valence-electron chi connectivity index (χ1n) is 6.95. The van der Waals surface area contributed by atoms with Gasteiger partial charge in [0.25, 0.3) is 5.91 Å². The molecule has 3 N–H and O–H groups in total. The van der Waals surface area contributed by atoms with Gasteiger partial charge in [-0.2, -0.15) is 0 Å². The van der Waals surface area contributed by atoms with Crippen molar-refractivity contribution < 1.29 is 9.90 Å². The van der Waals surface area contributed by atoms with Crippen molar-refractivity contribution in [1.29, 1.82) is 0 Å². The fourth-order valence-electron chi connectivity index (χ4n) is 2.09. The molecular formula is C17H20N2O2. The van der Waals surface area contributed by atoms with Crippen LogP contribution in [0, 0.1) is 13.8 Å². The largest absolute Gasteiger partial charge is 0.395 e. The van der Waals surface area contributed by atoms with E-state index < -0.39 is 0 Å². The van der Waals surface area contributed by atoms with Crippen molar-refractivity contribution in [3.63, 3.8) is 0 Å². The summed E-state index contributed by atoms with van der Waals surface area (Å²) in [5.74, 6) is -0.197. The smallest absolute Gasteiger partial charge is 0.253 e. The molecule has 1 amide bonds. The molecule has 2 rings (SSSR count). The molecular weight excluding hydrogens is 264 g/mol. The van der Waals surface area contributed by atoms with Crippen molar-refractivity contribution in [3.05, 3.63) is 59.2 Å². The van der Waals surface area contributed by atoms with Crippen molar-refractivity contribution >= 4 is 17.3 Å². The molecule has 2 aromatic rings. The number of benzene rings is 2. The second-order valence-electron chi connectivity index (χ2n) is 4.90. The number of hydrogen-bond donors (Lipinski definition) is 3. The summed E-state index contributed by atoms with van der Waals surface area (Å²) in [5.41, 5.74) is 4.65. The Balaban J connectivity index is 2.28. The Kier molecular flexibility index (Phi) is 4.95. The molecule has 2 aromatic carbocycles. The number of hydrogen-bond acceptors (Lipinski definition) is 3. The van der Waals surface area contributed by atoms with Crippen LogP contribution in [0.15, 0.2) is 42.5 Å². The molecule has 0 unspecified atom stereocenters. The van der Waals surface area contributed by atoms with Gasteiger partial charge in [0.05, 0.1) is 17.9 Å². The summed E-state index contributed by atoms with van der Waals surface area (Å²) in [6.45, 7) is 4.28. The van der Waals surface area contributed by atoms with E-state index in [1.54, 1.807) is 6.07 Å². The van der Waals surface area contributed by atoms with Crippen molar-refractivity contribution in [2.24, 2.45) is 0 Å². The van der Waals surface area contributed by atoms with Crippen LogP contribution >= 0.6 is 0 Å². The number of carbonyl (C=O) groups is 1. The fourth-order valence-corrected chi connectivity index (χ4v) is 2.09. The third-order valence-corrected chi connectivity index (χ3v) is 3.44. The van der Waals surface area contributed by atoms with E-state index in [0.29, 0.717) is 5.56 Å². The highest BCUT2D eigenvalue weighted by Gasteiger charge is 2.11. The Labute approximate surface area is 124 Å². The molecule has 0 heterocycles. The minimum atomic E-state index is -0.197. The Hall–Kier alpha value is -2.33. The zero-order valence-corrected chi connectivity index (χ0v) is 12.3. The summed E-state index contributed by atoms with van der Waals surface area (Å²) in [5, 5.41) is 14.8. The quantitative estimate of drug-likeness (QED) is 0.791. The monoisotopic (exact) mass is 284 g/mol. The lowest BCUT2D eigenvalue weighted by atomic mass is 10.1. The molecule has 0 bridgehead atoms. The highest BCUT2D eigenvalue weighted by atomic mass is 16.3. The maximum absolute atomic E-state index is 12.1. The summed E-state index contributed by atoms with van der Waals surface area (Å²) in [7, 11) is 0. The summed E-state index contributed by atoms with van der Waals surface area (Å²) in [6.07, 6.45) is 0. The van der Waals surface area contributed by atoms with Crippen LogP contribution in [-0.2, 0) is 0 Å². The van der Waals surface area contributed by atoms with E-state index in [9.17, 15) is 4.79 Å². The minimum Gasteiger partial charge on any atom is -0.395 e. The van der Waals surface area contributed by atoms with Gasteiger partial charge in [0.15, 0.2) is 0 Å². The highest BCUT2D eigenvalue weighted by Crippen LogP contribution is 2.25. The number of para-hydroxylation sites is 1. The van der Waals surface area contributed by atoms with E-state index in [2.05, 4.69) is 23.6 Å². The van der Waals surface area contributed by atoms with Crippen LogP contribution in [0.4, 0.5) is 11.4 Å². The maximum Gasteiger partial charge on any atom is 0.253 e. The van der Waals surface area contributed by atoms with Gasteiger partial charge in [0.2, 0.25) is 0 Å². The number of aryl methyl sites for hydroxylation is 1. The first kappa shape index (κ1) is 15.1. The Morgan fingerprint density at radius 1 is 1.05 bits per heavy atom. The topological polar surface area (TPSA) is 61.4 Å². The average Bonchev–Trinajstić information content (AvgIpc) is 2.50. The number of nitrogens with one attached hydrogen (secondary N) is 2. The number of amides is 1. The maximum atomic E-state index is 12.1. The van der Waals surface area contributed by atoms with E-state index in [1.165, 1.54) is 5.56 Å². The van der Waals surface area contributed by atoms with Gasteiger partial charge in [-0.15, -0.1) is 0 Å². The first-order chi connectivity index (χ1) is 10.1. The number of aliphatic hydroxyl groups excluding tert-OH is 1. The fraction of sp³-hybridized carbons (Fsp3) is 0.235. The third-order valence-electron chi connectivity index (χ3n) is 3.44. The Morgan fingerprint density at radius 2 is 1.76 bits per heavy atom. The molecule has 21 heavy (non-hydrogen) atoms. The Bertz CT molecular complexity index is 638. The minimum absolute atomic E-state index is 0.0711. The zero-order valence-electron chi connectivity index (χ0n) is 12.3. The van der Waals surface area contributed by atoms with Crippen LogP contribution in [0.2, 0.25) is 0 Å². The van der Waals surface area contributed by atoms with Gasteiger partial charge in [0.1, 0.15) is 0 Å². The number of anilines is 2. The average molecular weight is 284 g/mol. The standard InChI is InChI=1S/C17H20N2O2/c1-12-6-5-9-15(13(12)2)19-16-8-4-3-7-14(16)17(21)18-10-11-20/h3-9,19-20H,10-11H2,1-2H3,(H,18,21). The lowest BCUT2D eigenvalue weighted by molar-refractivity contribution is 0.0945. The molecule has 110 valence electrons. The molecule has 0 atom stereocenters. The van der Waals surface area contributed by atoms with Crippen molar-refractivity contribution in [2.75, 3.05) is 18.5 Å². The second-order valence-corrected chi connectivity index (χ2v) is 4.90. The summed E-state index contributed by atoms with van der Waals surface area (Å²) in [4.78, 5) is 12.1. The van der Waals surface area contributed by atoms with Gasteiger partial charge in [-0.05, 0) is 43.2 Å². The normalized spacial score (nSPS) is 10.2. The lowest BCUT2D eigenvalue weighted by Gasteiger charge is -2.14. The van der Waals surface area contributed by atoms with E-state index >= 15 is 0 Å². The number of aliphatic hydroxyl groups is 1. The Morgan fingerprint density at radius 3 is 2.52 bits per heavy atom. The van der Waals surface area contributed by atoms with Gasteiger partial charge in [-0.25, -0.2) is 0 Å². The van der Waals surface area contributed by atoms with Crippen LogP contribution in [0.3, 0.4) is 0 Å². The SMILES string of the molecule is Cc1cccc(Nc2ccccc2C(=O)NCCO)c1C. The molecule has 0 aliphatic carbocycles. The predicted octanol–water partition coefficient (Wildman–Crippen LogP) is 2.77. The third kappa shape index (κ3) is 3.61. The predicted molar refractivity (Wildman–Crippen MR) is 85.1 cm³/mol. The summed E-state index contributed by atoms with van der Waals surface area (Å²) >= 11 is 0. The molecule has 0 spiro atoms. The highest BCUT2D eigenvalue weighted by molar-refractivity contribution is 6.00. The molecule has 0 saturated heterocycles. The van der Waals surface area contributed by atoms with E-state index in [0.717, 1.165) is 16.9 Å². The van der Waals surface area contributed by atoms with Gasteiger partial charge in [0, 0.05) is 12.2 Å². The van der Waals surface area contributed by atoms with Crippen molar-refractivity contribution in [2.45, 2.75) is 13.8 Å². The van der Waals surface area contributed by atoms with Crippen molar-refractivity contribution in [1.82, 2.24) is 5.32 Å². The molecule has 4 heteroatoms. The lowest BCUT2D eigenvalue weighted by Crippen LogP contribution is -2.27. The van der Waals surface area contributed by atoms with Crippen molar-refractivity contribution in [3.8, 4) is 0 Å². The van der Waals surface area contributed by atoms with Crippen LogP contribution in [-0.4, -0.2) is 24.2 Å². The molecule has 4 nitrogen and oxygen atoms in total. The number of rotatable bonds is 5. The summed E-state index contributed by atoms with van der Waals surface area (Å²) < 4.78 is 0. The zero-order chi connectivity index (χ0) is 15.2. The van der Waals surface area contributed by atoms with Gasteiger partial charge >= 0.3 is 0 Å². The molecule has 0 aliphatic rings. The van der Waals surface area contributed by atoms with E-state index in [-0.39, 0.29) is 19.1 Å². The van der Waals surface area contributed by atoms with E-state index in [1.807, 2.05) is 37.3 Å². The first-order valence-corrected chi connectivity index (χ1v) is 6.95. The van der Waals surface area contributed by atoms with Gasteiger partial charge < -0.3 is 15.7 Å². The van der Waals surface area contributed by atoms with Crippen LogP contribution < -0.4 is 10.6 Å². The molecule has 0 fully saturated rings. The summed E-state index contributed by atoms with van der Waals surface area (Å²) in [6, 6.07) is 13.4. The molecule has 0 aromatic heterocycles.